The normalized spacial score (nSPS) is 21.5. The zero-order valence-electron chi connectivity index (χ0n) is 14.3. The molecule has 0 saturated carbocycles. The second-order valence-electron chi connectivity index (χ2n) is 6.74. The van der Waals surface area contributed by atoms with Gasteiger partial charge in [0.25, 0.3) is 0 Å². The molecule has 6 nitrogen and oxygen atoms in total. The molecular formula is C18H27N3O3. The first-order valence-electron chi connectivity index (χ1n) is 8.48. The van der Waals surface area contributed by atoms with Crippen LogP contribution in [0.5, 0.6) is 0 Å². The molecule has 4 N–H and O–H groups in total. The van der Waals surface area contributed by atoms with E-state index < -0.39 is 12.1 Å². The van der Waals surface area contributed by atoms with Crippen LogP contribution >= 0.6 is 0 Å². The Balaban J connectivity index is 2.01. The molecule has 132 valence electrons. The van der Waals surface area contributed by atoms with Crippen LogP contribution in [0.15, 0.2) is 30.3 Å². The molecule has 1 fully saturated rings. The van der Waals surface area contributed by atoms with E-state index >= 15 is 0 Å². The highest BCUT2D eigenvalue weighted by molar-refractivity contribution is 5.88. The van der Waals surface area contributed by atoms with E-state index in [0.717, 1.165) is 5.56 Å². The predicted molar refractivity (Wildman–Crippen MR) is 92.2 cm³/mol. The molecule has 24 heavy (non-hydrogen) atoms. The summed E-state index contributed by atoms with van der Waals surface area (Å²) in [5, 5.41) is 18.6. The summed E-state index contributed by atoms with van der Waals surface area (Å²) in [6.07, 6.45) is -0.0713. The van der Waals surface area contributed by atoms with E-state index in [0.29, 0.717) is 26.1 Å². The number of β-amino-alcohol motifs (C(OH)–C–C–N with tert-alkyl or cyclic N) is 1. The van der Waals surface area contributed by atoms with Crippen LogP contribution in [0.25, 0.3) is 0 Å². The van der Waals surface area contributed by atoms with Gasteiger partial charge >= 0.3 is 0 Å². The van der Waals surface area contributed by atoms with Crippen LogP contribution in [0.1, 0.15) is 31.9 Å². The fourth-order valence-corrected chi connectivity index (χ4v) is 2.80. The summed E-state index contributed by atoms with van der Waals surface area (Å²) in [6.45, 7) is 5.54. The third-order valence-corrected chi connectivity index (χ3v) is 4.14. The number of carbonyl (C=O) groups excluding carboxylic acids is 2. The van der Waals surface area contributed by atoms with E-state index in [2.05, 4.69) is 16.0 Å². The van der Waals surface area contributed by atoms with E-state index in [1.165, 1.54) is 0 Å². The van der Waals surface area contributed by atoms with Crippen molar-refractivity contribution in [3.05, 3.63) is 35.9 Å². The van der Waals surface area contributed by atoms with Gasteiger partial charge in [-0.15, -0.1) is 0 Å². The third-order valence-electron chi connectivity index (χ3n) is 4.14. The van der Waals surface area contributed by atoms with Crippen molar-refractivity contribution in [2.45, 2.75) is 32.4 Å². The highest BCUT2D eigenvalue weighted by atomic mass is 16.3. The SMILES string of the molecule is CC(C)CC(=O)NC(C(=O)NCC1CNCC1O)c1ccccc1. The fraction of sp³-hybridized carbons (Fsp3) is 0.556. The zero-order chi connectivity index (χ0) is 17.5. The fourth-order valence-electron chi connectivity index (χ4n) is 2.80. The molecule has 2 rings (SSSR count). The van der Waals surface area contributed by atoms with Gasteiger partial charge in [0.15, 0.2) is 0 Å². The summed E-state index contributed by atoms with van der Waals surface area (Å²) in [5.74, 6) is -0.171. The third kappa shape index (κ3) is 5.32. The van der Waals surface area contributed by atoms with Crippen molar-refractivity contribution in [1.82, 2.24) is 16.0 Å². The second-order valence-corrected chi connectivity index (χ2v) is 6.74. The number of amides is 2. The van der Waals surface area contributed by atoms with Crippen LogP contribution in [0.3, 0.4) is 0 Å². The van der Waals surface area contributed by atoms with E-state index in [4.69, 9.17) is 0 Å². The first-order chi connectivity index (χ1) is 11.5. The molecule has 0 aromatic heterocycles. The van der Waals surface area contributed by atoms with Gasteiger partial charge in [-0.25, -0.2) is 0 Å². The Kier molecular flexibility index (Phi) is 6.75. The quantitative estimate of drug-likeness (QED) is 0.588. The lowest BCUT2D eigenvalue weighted by atomic mass is 10.0. The lowest BCUT2D eigenvalue weighted by Gasteiger charge is -2.21. The van der Waals surface area contributed by atoms with Gasteiger partial charge in [0, 0.05) is 32.0 Å². The molecule has 1 aromatic carbocycles. The van der Waals surface area contributed by atoms with Gasteiger partial charge in [-0.2, -0.15) is 0 Å². The Morgan fingerprint density at radius 3 is 2.54 bits per heavy atom. The Labute approximate surface area is 143 Å². The van der Waals surface area contributed by atoms with Crippen LogP contribution in [-0.4, -0.2) is 42.7 Å². The minimum atomic E-state index is -0.719. The van der Waals surface area contributed by atoms with Gasteiger partial charge in [-0.05, 0) is 11.5 Å². The number of benzene rings is 1. The predicted octanol–water partition coefficient (Wildman–Crippen LogP) is 0.587. The summed E-state index contributed by atoms with van der Waals surface area (Å²) in [6, 6.07) is 8.49. The summed E-state index contributed by atoms with van der Waals surface area (Å²) in [5.41, 5.74) is 0.747. The maximum absolute atomic E-state index is 12.6. The molecule has 1 aliphatic heterocycles. The molecule has 1 saturated heterocycles. The number of aliphatic hydroxyl groups is 1. The molecule has 0 radical (unpaired) electrons. The molecule has 2 amide bonds. The minimum absolute atomic E-state index is 0.00302. The van der Waals surface area contributed by atoms with Gasteiger partial charge in [-0.1, -0.05) is 44.2 Å². The van der Waals surface area contributed by atoms with Crippen molar-refractivity contribution in [3.63, 3.8) is 0 Å². The van der Waals surface area contributed by atoms with Gasteiger partial charge in [0.05, 0.1) is 6.10 Å². The first-order valence-corrected chi connectivity index (χ1v) is 8.48. The van der Waals surface area contributed by atoms with Crippen molar-refractivity contribution in [2.24, 2.45) is 11.8 Å². The lowest BCUT2D eigenvalue weighted by Crippen LogP contribution is -2.43. The van der Waals surface area contributed by atoms with Gasteiger partial charge in [0.1, 0.15) is 6.04 Å². The number of rotatable bonds is 7. The van der Waals surface area contributed by atoms with Crippen LogP contribution < -0.4 is 16.0 Å². The van der Waals surface area contributed by atoms with Crippen molar-refractivity contribution < 1.29 is 14.7 Å². The lowest BCUT2D eigenvalue weighted by molar-refractivity contribution is -0.129. The average molecular weight is 333 g/mol. The molecule has 1 heterocycles. The second kappa shape index (κ2) is 8.80. The minimum Gasteiger partial charge on any atom is -0.391 e. The largest absolute Gasteiger partial charge is 0.391 e. The number of carbonyl (C=O) groups is 2. The number of hydrogen-bond donors (Lipinski definition) is 4. The van der Waals surface area contributed by atoms with Crippen LogP contribution in [-0.2, 0) is 9.59 Å². The van der Waals surface area contributed by atoms with E-state index in [9.17, 15) is 14.7 Å². The van der Waals surface area contributed by atoms with E-state index in [1.54, 1.807) is 0 Å². The van der Waals surface area contributed by atoms with Crippen molar-refractivity contribution in [3.8, 4) is 0 Å². The smallest absolute Gasteiger partial charge is 0.247 e. The average Bonchev–Trinajstić information content (AvgIpc) is 2.95. The molecule has 0 aliphatic carbocycles. The van der Waals surface area contributed by atoms with Gasteiger partial charge in [-0.3, -0.25) is 9.59 Å². The van der Waals surface area contributed by atoms with Crippen LogP contribution in [0.4, 0.5) is 0 Å². The molecule has 0 bridgehead atoms. The number of hydrogen-bond acceptors (Lipinski definition) is 4. The summed E-state index contributed by atoms with van der Waals surface area (Å²) in [4.78, 5) is 24.7. The Bertz CT molecular complexity index is 548. The summed E-state index contributed by atoms with van der Waals surface area (Å²) < 4.78 is 0. The molecule has 3 atom stereocenters. The Morgan fingerprint density at radius 2 is 1.96 bits per heavy atom. The molecule has 1 aliphatic rings. The maximum atomic E-state index is 12.6. The van der Waals surface area contributed by atoms with E-state index in [1.807, 2.05) is 44.2 Å². The summed E-state index contributed by atoms with van der Waals surface area (Å²) >= 11 is 0. The maximum Gasteiger partial charge on any atom is 0.247 e. The first kappa shape index (κ1) is 18.4. The van der Waals surface area contributed by atoms with Crippen molar-refractivity contribution in [1.29, 1.82) is 0 Å². The van der Waals surface area contributed by atoms with Crippen molar-refractivity contribution in [2.75, 3.05) is 19.6 Å². The zero-order valence-corrected chi connectivity index (χ0v) is 14.3. The summed E-state index contributed by atoms with van der Waals surface area (Å²) in [7, 11) is 0. The molecule has 1 aromatic rings. The monoisotopic (exact) mass is 333 g/mol. The highest BCUT2D eigenvalue weighted by Gasteiger charge is 2.28. The van der Waals surface area contributed by atoms with Gasteiger partial charge < -0.3 is 21.1 Å². The topological polar surface area (TPSA) is 90.5 Å². The molecule has 6 heteroatoms. The van der Waals surface area contributed by atoms with Crippen molar-refractivity contribution >= 4 is 11.8 Å². The van der Waals surface area contributed by atoms with Crippen LogP contribution in [0, 0.1) is 11.8 Å². The number of aliphatic hydroxyl groups excluding tert-OH is 1. The molecule has 0 spiro atoms. The van der Waals surface area contributed by atoms with Crippen LogP contribution in [0.2, 0.25) is 0 Å². The van der Waals surface area contributed by atoms with E-state index in [-0.39, 0.29) is 23.7 Å². The Morgan fingerprint density at radius 1 is 1.25 bits per heavy atom. The number of nitrogens with one attached hydrogen (secondary N) is 3. The molecule has 3 unspecified atom stereocenters. The van der Waals surface area contributed by atoms with Gasteiger partial charge in [0.2, 0.25) is 11.8 Å². The standard InChI is InChI=1S/C18H27N3O3/c1-12(2)8-16(23)21-17(13-6-4-3-5-7-13)18(24)20-10-14-9-19-11-15(14)22/h3-7,12,14-15,17,19,22H,8-11H2,1-2H3,(H,20,24)(H,21,23). The highest BCUT2D eigenvalue weighted by Crippen LogP contribution is 2.15. The molecular weight excluding hydrogens is 306 g/mol. The Hall–Kier alpha value is -1.92.